The Morgan fingerprint density at radius 2 is 1.96 bits per heavy atom. The van der Waals surface area contributed by atoms with Gasteiger partial charge >= 0.3 is 5.97 Å². The van der Waals surface area contributed by atoms with E-state index in [1.807, 2.05) is 36.4 Å². The van der Waals surface area contributed by atoms with Crippen molar-refractivity contribution in [1.82, 2.24) is 4.98 Å². The minimum absolute atomic E-state index is 0.0769. The van der Waals surface area contributed by atoms with Crippen molar-refractivity contribution in [2.45, 2.75) is 12.5 Å². The van der Waals surface area contributed by atoms with Gasteiger partial charge in [-0.2, -0.15) is 0 Å². The average Bonchev–Trinajstić information content (AvgIpc) is 2.96. The molecular weight excluding hydrogens is 344 g/mol. The molecule has 1 aromatic heterocycles. The van der Waals surface area contributed by atoms with E-state index in [-0.39, 0.29) is 18.5 Å². The number of fused-ring (bicyclic) bond motifs is 1. The molecule has 0 bridgehead atoms. The highest BCUT2D eigenvalue weighted by atomic mass is 35.5. The number of nitrogens with zero attached hydrogens (tertiary/aromatic N) is 2. The minimum Gasteiger partial charge on any atom is -0.458 e. The van der Waals surface area contributed by atoms with Crippen LogP contribution in [-0.2, 0) is 16.0 Å². The molecule has 1 fully saturated rings. The quantitative estimate of drug-likeness (QED) is 0.663. The number of hydrogen-bond donors (Lipinski definition) is 0. The summed E-state index contributed by atoms with van der Waals surface area (Å²) in [6.45, 7) is 1.38. The Bertz CT molecular complexity index is 856. The second-order valence-electron chi connectivity index (χ2n) is 5.75. The number of anilines is 1. The largest absolute Gasteiger partial charge is 0.458 e. The van der Waals surface area contributed by atoms with Crippen LogP contribution in [0.15, 0.2) is 48.5 Å². The lowest BCUT2D eigenvalue weighted by atomic mass is 10.1. The van der Waals surface area contributed by atoms with Crippen LogP contribution in [0.25, 0.3) is 10.2 Å². The number of carbonyl (C=O) groups excluding carboxylic acids is 1. The SMILES string of the molecule is O=C(Cc1ccccc1Cl)OC1CN(c2nc3ccccc3s2)C1. The minimum atomic E-state index is -0.239. The molecule has 4 nitrogen and oxygen atoms in total. The molecule has 3 aromatic rings. The Labute approximate surface area is 148 Å². The maximum atomic E-state index is 12.0. The molecule has 0 amide bonds. The molecule has 0 N–H and O–H groups in total. The fourth-order valence-corrected chi connectivity index (χ4v) is 3.88. The van der Waals surface area contributed by atoms with Gasteiger partial charge in [-0.15, -0.1) is 0 Å². The first-order valence-electron chi connectivity index (χ1n) is 7.72. The molecule has 24 heavy (non-hydrogen) atoms. The molecule has 0 atom stereocenters. The number of carbonyl (C=O) groups is 1. The van der Waals surface area contributed by atoms with E-state index in [1.54, 1.807) is 17.4 Å². The van der Waals surface area contributed by atoms with Crippen LogP contribution >= 0.6 is 22.9 Å². The summed E-state index contributed by atoms with van der Waals surface area (Å²) >= 11 is 7.74. The summed E-state index contributed by atoms with van der Waals surface area (Å²) in [6.07, 6.45) is 0.129. The van der Waals surface area contributed by atoms with Gasteiger partial charge in [-0.3, -0.25) is 4.79 Å². The number of benzene rings is 2. The summed E-state index contributed by atoms with van der Waals surface area (Å²) in [5.74, 6) is -0.239. The number of aromatic nitrogens is 1. The molecule has 122 valence electrons. The summed E-state index contributed by atoms with van der Waals surface area (Å²) in [5, 5.41) is 1.58. The standard InChI is InChI=1S/C18H15ClN2O2S/c19-14-6-2-1-5-12(14)9-17(22)23-13-10-21(11-13)18-20-15-7-3-4-8-16(15)24-18/h1-8,13H,9-11H2. The number of esters is 1. The van der Waals surface area contributed by atoms with E-state index in [0.717, 1.165) is 16.2 Å². The van der Waals surface area contributed by atoms with Crippen LogP contribution in [0.4, 0.5) is 5.13 Å². The zero-order valence-electron chi connectivity index (χ0n) is 12.8. The molecule has 2 aromatic carbocycles. The lowest BCUT2D eigenvalue weighted by Gasteiger charge is -2.38. The van der Waals surface area contributed by atoms with Crippen molar-refractivity contribution in [2.24, 2.45) is 0 Å². The number of ether oxygens (including phenoxy) is 1. The highest BCUT2D eigenvalue weighted by Crippen LogP contribution is 2.31. The monoisotopic (exact) mass is 358 g/mol. The fourth-order valence-electron chi connectivity index (χ4n) is 2.69. The number of rotatable bonds is 4. The summed E-state index contributed by atoms with van der Waals surface area (Å²) in [6, 6.07) is 15.4. The zero-order chi connectivity index (χ0) is 16.5. The lowest BCUT2D eigenvalue weighted by molar-refractivity contribution is -0.149. The molecule has 1 saturated heterocycles. The molecule has 0 aliphatic carbocycles. The Morgan fingerprint density at radius 3 is 2.75 bits per heavy atom. The lowest BCUT2D eigenvalue weighted by Crippen LogP contribution is -2.53. The van der Waals surface area contributed by atoms with Crippen molar-refractivity contribution in [3.63, 3.8) is 0 Å². The third kappa shape index (κ3) is 3.09. The predicted molar refractivity (Wildman–Crippen MR) is 96.9 cm³/mol. The van der Waals surface area contributed by atoms with Crippen molar-refractivity contribution in [2.75, 3.05) is 18.0 Å². The molecule has 2 heterocycles. The van der Waals surface area contributed by atoms with Crippen molar-refractivity contribution in [3.8, 4) is 0 Å². The molecule has 0 radical (unpaired) electrons. The van der Waals surface area contributed by atoms with Gasteiger partial charge in [-0.1, -0.05) is 53.3 Å². The van der Waals surface area contributed by atoms with Gasteiger partial charge in [0.25, 0.3) is 0 Å². The van der Waals surface area contributed by atoms with Crippen molar-refractivity contribution < 1.29 is 9.53 Å². The highest BCUT2D eigenvalue weighted by Gasteiger charge is 2.32. The topological polar surface area (TPSA) is 42.4 Å². The van der Waals surface area contributed by atoms with Gasteiger partial charge in [0.15, 0.2) is 5.13 Å². The summed E-state index contributed by atoms with van der Waals surface area (Å²) in [5.41, 5.74) is 1.81. The van der Waals surface area contributed by atoms with E-state index < -0.39 is 0 Å². The number of thiazole rings is 1. The summed E-state index contributed by atoms with van der Waals surface area (Å²) in [7, 11) is 0. The van der Waals surface area contributed by atoms with E-state index in [9.17, 15) is 4.79 Å². The van der Waals surface area contributed by atoms with E-state index in [2.05, 4.69) is 16.0 Å². The van der Waals surface area contributed by atoms with Gasteiger partial charge in [0.2, 0.25) is 0 Å². The first-order valence-corrected chi connectivity index (χ1v) is 8.92. The molecule has 1 aliphatic rings. The second kappa shape index (κ2) is 6.42. The Balaban J connectivity index is 1.32. The number of para-hydroxylation sites is 1. The molecule has 4 rings (SSSR count). The third-order valence-electron chi connectivity index (χ3n) is 3.99. The van der Waals surface area contributed by atoms with Gasteiger partial charge in [0, 0.05) is 5.02 Å². The van der Waals surface area contributed by atoms with Gasteiger partial charge in [0.1, 0.15) is 6.10 Å². The first kappa shape index (κ1) is 15.4. The van der Waals surface area contributed by atoms with E-state index in [0.29, 0.717) is 18.1 Å². The fraction of sp³-hybridized carbons (Fsp3) is 0.222. The Kier molecular flexibility index (Phi) is 4.12. The predicted octanol–water partition coefficient (Wildman–Crippen LogP) is 3.92. The van der Waals surface area contributed by atoms with Crippen LogP contribution in [0.2, 0.25) is 5.02 Å². The second-order valence-corrected chi connectivity index (χ2v) is 7.17. The van der Waals surface area contributed by atoms with Crippen molar-refractivity contribution in [3.05, 3.63) is 59.1 Å². The van der Waals surface area contributed by atoms with Crippen LogP contribution in [0, 0.1) is 0 Å². The maximum Gasteiger partial charge on any atom is 0.310 e. The van der Waals surface area contributed by atoms with Gasteiger partial charge in [-0.25, -0.2) is 4.98 Å². The normalized spacial score (nSPS) is 14.6. The highest BCUT2D eigenvalue weighted by molar-refractivity contribution is 7.22. The van der Waals surface area contributed by atoms with Gasteiger partial charge < -0.3 is 9.64 Å². The van der Waals surface area contributed by atoms with Crippen LogP contribution in [0.1, 0.15) is 5.56 Å². The maximum absolute atomic E-state index is 12.0. The van der Waals surface area contributed by atoms with Crippen LogP contribution < -0.4 is 4.90 Å². The van der Waals surface area contributed by atoms with Crippen LogP contribution in [0.5, 0.6) is 0 Å². The number of halogens is 1. The molecule has 1 aliphatic heterocycles. The molecule has 6 heteroatoms. The van der Waals surface area contributed by atoms with Crippen molar-refractivity contribution in [1.29, 1.82) is 0 Å². The van der Waals surface area contributed by atoms with Crippen LogP contribution in [0.3, 0.4) is 0 Å². The van der Waals surface area contributed by atoms with Gasteiger partial charge in [0.05, 0.1) is 29.7 Å². The van der Waals surface area contributed by atoms with E-state index in [1.165, 1.54) is 4.70 Å². The van der Waals surface area contributed by atoms with E-state index >= 15 is 0 Å². The van der Waals surface area contributed by atoms with E-state index in [4.69, 9.17) is 16.3 Å². The Hall–Kier alpha value is -2.11. The summed E-state index contributed by atoms with van der Waals surface area (Å²) in [4.78, 5) is 18.8. The molecule has 0 unspecified atom stereocenters. The van der Waals surface area contributed by atoms with Crippen LogP contribution in [-0.4, -0.2) is 30.1 Å². The molecule has 0 saturated carbocycles. The molecule has 0 spiro atoms. The molecular formula is C18H15ClN2O2S. The smallest absolute Gasteiger partial charge is 0.310 e. The van der Waals surface area contributed by atoms with Crippen molar-refractivity contribution >= 4 is 44.3 Å². The number of hydrogen-bond acceptors (Lipinski definition) is 5. The third-order valence-corrected chi connectivity index (χ3v) is 5.46. The summed E-state index contributed by atoms with van der Waals surface area (Å²) < 4.78 is 6.68. The van der Waals surface area contributed by atoms with Gasteiger partial charge in [-0.05, 0) is 23.8 Å². The average molecular weight is 359 g/mol. The first-order chi connectivity index (χ1) is 11.7. The zero-order valence-corrected chi connectivity index (χ0v) is 14.4. The Morgan fingerprint density at radius 1 is 1.21 bits per heavy atom.